The predicted octanol–water partition coefficient (Wildman–Crippen LogP) is 5.06. The number of benzene rings is 2. The first kappa shape index (κ1) is 19.8. The van der Waals surface area contributed by atoms with Gasteiger partial charge >= 0.3 is 6.18 Å². The third kappa shape index (κ3) is 4.05. The van der Waals surface area contributed by atoms with Crippen molar-refractivity contribution < 1.29 is 13.2 Å². The lowest BCUT2D eigenvalue weighted by molar-refractivity contribution is -0.145. The Labute approximate surface area is 178 Å². The summed E-state index contributed by atoms with van der Waals surface area (Å²) in [6.07, 6.45) is -0.388. The lowest BCUT2D eigenvalue weighted by Gasteiger charge is -2.28. The highest BCUT2D eigenvalue weighted by Crippen LogP contribution is 2.29. The molecule has 3 heterocycles. The number of halogens is 3. The van der Waals surface area contributed by atoms with Gasteiger partial charge in [-0.25, -0.2) is 9.97 Å². The van der Waals surface area contributed by atoms with Gasteiger partial charge in [-0.2, -0.15) is 13.2 Å². The quantitative estimate of drug-likeness (QED) is 0.461. The SMILES string of the molecule is FC(F)(F)c1ncc2c(n1)CN(Cc1cn(Cc3ccccc3)c3ccccc13)CC2. The Hall–Kier alpha value is -3.19. The van der Waals surface area contributed by atoms with Gasteiger partial charge in [0.2, 0.25) is 5.82 Å². The van der Waals surface area contributed by atoms with Crippen molar-refractivity contribution in [2.45, 2.75) is 32.2 Å². The van der Waals surface area contributed by atoms with E-state index in [0.717, 1.165) is 24.2 Å². The largest absolute Gasteiger partial charge is 0.451 e. The van der Waals surface area contributed by atoms with E-state index in [1.807, 2.05) is 30.3 Å². The molecule has 4 aromatic rings. The number of rotatable bonds is 4. The van der Waals surface area contributed by atoms with Gasteiger partial charge in [-0.15, -0.1) is 0 Å². The molecule has 0 spiro atoms. The molecule has 0 aliphatic carbocycles. The first-order chi connectivity index (χ1) is 15.0. The number of hydrogen-bond acceptors (Lipinski definition) is 3. The van der Waals surface area contributed by atoms with Gasteiger partial charge in [-0.1, -0.05) is 48.5 Å². The Morgan fingerprint density at radius 2 is 1.71 bits per heavy atom. The van der Waals surface area contributed by atoms with Gasteiger partial charge in [0.25, 0.3) is 0 Å². The molecule has 0 fully saturated rings. The minimum atomic E-state index is -4.53. The van der Waals surface area contributed by atoms with Crippen LogP contribution in [0.3, 0.4) is 0 Å². The Morgan fingerprint density at radius 1 is 0.935 bits per heavy atom. The van der Waals surface area contributed by atoms with Gasteiger partial charge in [0.15, 0.2) is 0 Å². The number of hydrogen-bond donors (Lipinski definition) is 0. The maximum atomic E-state index is 13.0. The Bertz CT molecular complexity index is 1210. The van der Waals surface area contributed by atoms with Crippen molar-refractivity contribution in [2.24, 2.45) is 0 Å². The summed E-state index contributed by atoms with van der Waals surface area (Å²) in [5, 5.41) is 1.17. The third-order valence-corrected chi connectivity index (χ3v) is 5.74. The average molecular weight is 422 g/mol. The Morgan fingerprint density at radius 3 is 2.52 bits per heavy atom. The van der Waals surface area contributed by atoms with Crippen LogP contribution in [0.5, 0.6) is 0 Å². The molecule has 0 saturated heterocycles. The summed E-state index contributed by atoms with van der Waals surface area (Å²) in [6.45, 7) is 2.58. The van der Waals surface area contributed by atoms with Gasteiger partial charge in [-0.3, -0.25) is 4.90 Å². The lowest BCUT2D eigenvalue weighted by Crippen LogP contribution is -2.31. The number of alkyl halides is 3. The highest BCUT2D eigenvalue weighted by molar-refractivity contribution is 5.84. The van der Waals surface area contributed by atoms with Crippen LogP contribution in [0, 0.1) is 0 Å². The molecule has 4 nitrogen and oxygen atoms in total. The number of para-hydroxylation sites is 1. The van der Waals surface area contributed by atoms with Crippen molar-refractivity contribution in [2.75, 3.05) is 6.54 Å². The van der Waals surface area contributed by atoms with Gasteiger partial charge in [0, 0.05) is 49.5 Å². The molecule has 1 aliphatic heterocycles. The summed E-state index contributed by atoms with van der Waals surface area (Å²) in [7, 11) is 0. The van der Waals surface area contributed by atoms with Crippen LogP contribution < -0.4 is 0 Å². The maximum absolute atomic E-state index is 13.0. The summed E-state index contributed by atoms with van der Waals surface area (Å²) in [4.78, 5) is 9.47. The average Bonchev–Trinajstić information content (AvgIpc) is 3.10. The maximum Gasteiger partial charge on any atom is 0.451 e. The summed E-state index contributed by atoms with van der Waals surface area (Å²) in [6, 6.07) is 18.5. The van der Waals surface area contributed by atoms with E-state index in [9.17, 15) is 13.2 Å². The van der Waals surface area contributed by atoms with Crippen LogP contribution in [0.25, 0.3) is 10.9 Å². The third-order valence-electron chi connectivity index (χ3n) is 5.74. The smallest absolute Gasteiger partial charge is 0.343 e. The summed E-state index contributed by atoms with van der Waals surface area (Å²) < 4.78 is 41.3. The normalized spacial score (nSPS) is 14.7. The van der Waals surface area contributed by atoms with E-state index in [2.05, 4.69) is 49.9 Å². The van der Waals surface area contributed by atoms with Crippen LogP contribution in [-0.4, -0.2) is 26.0 Å². The molecular weight excluding hydrogens is 401 g/mol. The van der Waals surface area contributed by atoms with Gasteiger partial charge < -0.3 is 4.57 Å². The fraction of sp³-hybridized carbons (Fsp3) is 0.250. The Kier molecular flexibility index (Phi) is 4.98. The fourth-order valence-electron chi connectivity index (χ4n) is 4.23. The van der Waals surface area contributed by atoms with Crippen LogP contribution in [-0.2, 0) is 32.2 Å². The molecule has 0 bridgehead atoms. The second-order valence-corrected chi connectivity index (χ2v) is 7.91. The van der Waals surface area contributed by atoms with Crippen LogP contribution in [0.2, 0.25) is 0 Å². The minimum Gasteiger partial charge on any atom is -0.343 e. The zero-order valence-electron chi connectivity index (χ0n) is 16.8. The lowest BCUT2D eigenvalue weighted by atomic mass is 10.1. The van der Waals surface area contributed by atoms with E-state index in [1.54, 1.807) is 0 Å². The standard InChI is InChI=1S/C24H21F3N4/c25-24(26,27)23-28-12-18-10-11-30(16-21(18)29-23)14-19-15-31(13-17-6-2-1-3-7-17)22-9-5-4-8-20(19)22/h1-9,12,15H,10-11,13-14,16H2. The molecule has 0 N–H and O–H groups in total. The monoisotopic (exact) mass is 422 g/mol. The molecule has 0 amide bonds. The van der Waals surface area contributed by atoms with Gasteiger partial charge in [0.1, 0.15) is 0 Å². The topological polar surface area (TPSA) is 34.0 Å². The van der Waals surface area contributed by atoms with Crippen molar-refractivity contribution in [1.29, 1.82) is 0 Å². The first-order valence-corrected chi connectivity index (χ1v) is 10.2. The van der Waals surface area contributed by atoms with Crippen molar-refractivity contribution in [1.82, 2.24) is 19.4 Å². The van der Waals surface area contributed by atoms with Crippen LogP contribution in [0.1, 0.15) is 28.2 Å². The number of aromatic nitrogens is 3. The highest BCUT2D eigenvalue weighted by Gasteiger charge is 2.35. The van der Waals surface area contributed by atoms with E-state index < -0.39 is 12.0 Å². The van der Waals surface area contributed by atoms with E-state index in [0.29, 0.717) is 25.2 Å². The van der Waals surface area contributed by atoms with Crippen LogP contribution >= 0.6 is 0 Å². The molecule has 2 aromatic heterocycles. The Balaban J connectivity index is 1.41. The van der Waals surface area contributed by atoms with Crippen LogP contribution in [0.15, 0.2) is 67.0 Å². The van der Waals surface area contributed by atoms with Crippen LogP contribution in [0.4, 0.5) is 13.2 Å². The zero-order chi connectivity index (χ0) is 21.4. The molecular formula is C24H21F3N4. The van der Waals surface area contributed by atoms with E-state index in [1.165, 1.54) is 22.7 Å². The first-order valence-electron chi connectivity index (χ1n) is 10.2. The van der Waals surface area contributed by atoms with Crippen molar-refractivity contribution in [3.8, 4) is 0 Å². The van der Waals surface area contributed by atoms with E-state index >= 15 is 0 Å². The van der Waals surface area contributed by atoms with Crippen molar-refractivity contribution >= 4 is 10.9 Å². The predicted molar refractivity (Wildman–Crippen MR) is 112 cm³/mol. The molecule has 0 radical (unpaired) electrons. The summed E-state index contributed by atoms with van der Waals surface area (Å²) in [5.74, 6) is -1.06. The molecule has 5 rings (SSSR count). The highest BCUT2D eigenvalue weighted by atomic mass is 19.4. The number of fused-ring (bicyclic) bond motifs is 2. The molecule has 0 saturated carbocycles. The molecule has 1 aliphatic rings. The second-order valence-electron chi connectivity index (χ2n) is 7.91. The molecule has 2 aromatic carbocycles. The van der Waals surface area contributed by atoms with Gasteiger partial charge in [-0.05, 0) is 29.2 Å². The second kappa shape index (κ2) is 7.81. The van der Waals surface area contributed by atoms with Crippen molar-refractivity contribution in [3.05, 3.63) is 95.2 Å². The molecule has 0 atom stereocenters. The molecule has 31 heavy (non-hydrogen) atoms. The van der Waals surface area contributed by atoms with Crippen molar-refractivity contribution in [3.63, 3.8) is 0 Å². The zero-order valence-corrected chi connectivity index (χ0v) is 16.8. The summed E-state index contributed by atoms with van der Waals surface area (Å²) in [5.41, 5.74) is 4.82. The fourth-order valence-corrected chi connectivity index (χ4v) is 4.23. The van der Waals surface area contributed by atoms with E-state index in [4.69, 9.17) is 0 Å². The molecule has 0 unspecified atom stereocenters. The molecule has 7 heteroatoms. The summed E-state index contributed by atoms with van der Waals surface area (Å²) >= 11 is 0. The minimum absolute atomic E-state index is 0.388. The number of nitrogens with zero attached hydrogens (tertiary/aromatic N) is 4. The van der Waals surface area contributed by atoms with Gasteiger partial charge in [0.05, 0.1) is 5.69 Å². The van der Waals surface area contributed by atoms with E-state index in [-0.39, 0.29) is 0 Å². The molecule has 158 valence electrons.